The molecule has 44 heavy (non-hydrogen) atoms. The molecule has 3 N–H and O–H groups in total. The number of hydrogen-bond acceptors (Lipinski definition) is 4. The molecule has 3 aromatic rings. The van der Waals surface area contributed by atoms with E-state index >= 15 is 0 Å². The first kappa shape index (κ1) is 34.9. The van der Waals surface area contributed by atoms with Crippen molar-refractivity contribution in [1.29, 1.82) is 0 Å². The SMILES string of the molecule is CCCN(CCC)C(=O)c1cc(C)cc(C(=O)N[C@@H](Cc2cc(F)cc(F)c2)[C@H](O)CNC(C)(C)c2cccc(CC)c2)c1. The number of nitrogens with one attached hydrogen (secondary N) is 2. The standard InChI is InChI=1S/C36H47F2N3O3/c1-7-13-41(14-8-2)35(44)28-16-24(4)15-27(21-28)34(43)40-32(20-26-18-30(37)22-31(38)19-26)33(42)23-39-36(5,6)29-12-10-11-25(9-3)17-29/h10-12,15-19,21-22,32-33,39,42H,7-9,13-14,20,23H2,1-6H3,(H,40,43)/t32-,33+/m0/s1. The maximum Gasteiger partial charge on any atom is 0.253 e. The molecule has 0 bridgehead atoms. The fourth-order valence-corrected chi connectivity index (χ4v) is 5.38. The quantitative estimate of drug-likeness (QED) is 0.189. The van der Waals surface area contributed by atoms with Crippen molar-refractivity contribution < 1.29 is 23.5 Å². The predicted molar refractivity (Wildman–Crippen MR) is 172 cm³/mol. The average Bonchev–Trinajstić information content (AvgIpc) is 2.98. The Balaban J connectivity index is 1.86. The van der Waals surface area contributed by atoms with Gasteiger partial charge in [0.2, 0.25) is 0 Å². The summed E-state index contributed by atoms with van der Waals surface area (Å²) in [4.78, 5) is 28.7. The van der Waals surface area contributed by atoms with Crippen LogP contribution >= 0.6 is 0 Å². The molecule has 238 valence electrons. The average molecular weight is 608 g/mol. The largest absolute Gasteiger partial charge is 0.390 e. The lowest BCUT2D eigenvalue weighted by Gasteiger charge is -2.31. The van der Waals surface area contributed by atoms with Gasteiger partial charge in [-0.3, -0.25) is 9.59 Å². The van der Waals surface area contributed by atoms with Gasteiger partial charge in [0.25, 0.3) is 11.8 Å². The Morgan fingerprint density at radius 2 is 1.52 bits per heavy atom. The van der Waals surface area contributed by atoms with Crippen molar-refractivity contribution in [2.45, 2.75) is 84.9 Å². The summed E-state index contributed by atoms with van der Waals surface area (Å²) < 4.78 is 28.1. The Bertz CT molecular complexity index is 1400. The molecule has 6 nitrogen and oxygen atoms in total. The first-order valence-corrected chi connectivity index (χ1v) is 15.6. The van der Waals surface area contributed by atoms with Crippen molar-refractivity contribution in [3.8, 4) is 0 Å². The molecule has 0 aromatic heterocycles. The van der Waals surface area contributed by atoms with Gasteiger partial charge in [0.05, 0.1) is 12.1 Å². The van der Waals surface area contributed by atoms with E-state index in [1.54, 1.807) is 23.1 Å². The molecule has 0 saturated heterocycles. The van der Waals surface area contributed by atoms with Gasteiger partial charge in [-0.1, -0.05) is 45.0 Å². The number of aliphatic hydroxyl groups excluding tert-OH is 1. The Morgan fingerprint density at radius 3 is 2.14 bits per heavy atom. The van der Waals surface area contributed by atoms with Gasteiger partial charge in [-0.15, -0.1) is 0 Å². The number of aliphatic hydroxyl groups is 1. The third kappa shape index (κ3) is 9.69. The second kappa shape index (κ2) is 15.9. The van der Waals surface area contributed by atoms with Crippen LogP contribution in [0.5, 0.6) is 0 Å². The number of rotatable bonds is 15. The van der Waals surface area contributed by atoms with Crippen LogP contribution in [0.2, 0.25) is 0 Å². The molecule has 0 aliphatic heterocycles. The molecule has 0 heterocycles. The summed E-state index contributed by atoms with van der Waals surface area (Å²) >= 11 is 0. The molecule has 3 aromatic carbocycles. The van der Waals surface area contributed by atoms with E-state index in [4.69, 9.17) is 0 Å². The van der Waals surface area contributed by atoms with Gasteiger partial charge in [0, 0.05) is 42.4 Å². The number of aryl methyl sites for hydroxylation is 2. The van der Waals surface area contributed by atoms with Crippen LogP contribution in [0.4, 0.5) is 8.78 Å². The van der Waals surface area contributed by atoms with E-state index in [-0.39, 0.29) is 24.4 Å². The van der Waals surface area contributed by atoms with Gasteiger partial charge in [-0.2, -0.15) is 0 Å². The highest BCUT2D eigenvalue weighted by Crippen LogP contribution is 2.22. The zero-order chi connectivity index (χ0) is 32.4. The van der Waals surface area contributed by atoms with E-state index in [9.17, 15) is 23.5 Å². The monoisotopic (exact) mass is 607 g/mol. The summed E-state index contributed by atoms with van der Waals surface area (Å²) in [5.41, 5.74) is 3.48. The summed E-state index contributed by atoms with van der Waals surface area (Å²) in [7, 11) is 0. The third-order valence-corrected chi connectivity index (χ3v) is 7.83. The molecule has 0 fully saturated rings. The molecule has 2 amide bonds. The summed E-state index contributed by atoms with van der Waals surface area (Å²) in [6, 6.07) is 15.5. The Morgan fingerprint density at radius 1 is 0.886 bits per heavy atom. The highest BCUT2D eigenvalue weighted by molar-refractivity contribution is 6.00. The van der Waals surface area contributed by atoms with Crippen LogP contribution in [-0.4, -0.2) is 53.6 Å². The molecule has 0 unspecified atom stereocenters. The maximum atomic E-state index is 14.1. The lowest BCUT2D eigenvalue weighted by atomic mass is 9.91. The van der Waals surface area contributed by atoms with Crippen LogP contribution in [-0.2, 0) is 18.4 Å². The van der Waals surface area contributed by atoms with Gasteiger partial charge in [-0.05, 0) is 99.0 Å². The minimum Gasteiger partial charge on any atom is -0.390 e. The zero-order valence-electron chi connectivity index (χ0n) is 26.8. The zero-order valence-corrected chi connectivity index (χ0v) is 26.8. The number of carbonyl (C=O) groups excluding carboxylic acids is 2. The summed E-state index contributed by atoms with van der Waals surface area (Å²) in [6.45, 7) is 13.3. The van der Waals surface area contributed by atoms with Crippen LogP contribution in [0.25, 0.3) is 0 Å². The van der Waals surface area contributed by atoms with E-state index in [1.807, 2.05) is 46.8 Å². The van der Waals surface area contributed by atoms with Gasteiger partial charge in [0.15, 0.2) is 0 Å². The highest BCUT2D eigenvalue weighted by Gasteiger charge is 2.27. The number of amides is 2. The van der Waals surface area contributed by atoms with Gasteiger partial charge >= 0.3 is 0 Å². The van der Waals surface area contributed by atoms with Gasteiger partial charge < -0.3 is 20.6 Å². The Hall–Kier alpha value is -3.62. The first-order chi connectivity index (χ1) is 20.9. The molecule has 0 radical (unpaired) electrons. The number of carbonyl (C=O) groups is 2. The lowest BCUT2D eigenvalue weighted by Crippen LogP contribution is -2.51. The van der Waals surface area contributed by atoms with Crippen molar-refractivity contribution in [3.63, 3.8) is 0 Å². The van der Waals surface area contributed by atoms with Crippen molar-refractivity contribution >= 4 is 11.8 Å². The normalized spacial score (nSPS) is 12.9. The third-order valence-electron chi connectivity index (χ3n) is 7.83. The van der Waals surface area contributed by atoms with Crippen molar-refractivity contribution in [1.82, 2.24) is 15.5 Å². The second-order valence-corrected chi connectivity index (χ2v) is 12.1. The molecule has 0 saturated carbocycles. The van der Waals surface area contributed by atoms with Crippen molar-refractivity contribution in [3.05, 3.63) is 106 Å². The maximum absolute atomic E-state index is 14.1. The van der Waals surface area contributed by atoms with Crippen molar-refractivity contribution in [2.75, 3.05) is 19.6 Å². The lowest BCUT2D eigenvalue weighted by molar-refractivity contribution is 0.0755. The fourth-order valence-electron chi connectivity index (χ4n) is 5.38. The molecule has 8 heteroatoms. The number of halogens is 2. The Kier molecular flexibility index (Phi) is 12.6. The highest BCUT2D eigenvalue weighted by atomic mass is 19.1. The Labute approximate surface area is 260 Å². The summed E-state index contributed by atoms with van der Waals surface area (Å²) in [6.07, 6.45) is 1.43. The number of benzene rings is 3. The minimum absolute atomic E-state index is 0.00655. The van der Waals surface area contributed by atoms with Crippen LogP contribution in [0.3, 0.4) is 0 Å². The van der Waals surface area contributed by atoms with Gasteiger partial charge in [0.1, 0.15) is 11.6 Å². The van der Waals surface area contributed by atoms with E-state index in [0.717, 1.165) is 36.5 Å². The number of hydrogen-bond donors (Lipinski definition) is 3. The molecular formula is C36H47F2N3O3. The summed E-state index contributed by atoms with van der Waals surface area (Å²) in [5.74, 6) is -2.10. The van der Waals surface area contributed by atoms with E-state index < -0.39 is 35.2 Å². The van der Waals surface area contributed by atoms with Crippen LogP contribution < -0.4 is 10.6 Å². The predicted octanol–water partition coefficient (Wildman–Crippen LogP) is 6.32. The van der Waals surface area contributed by atoms with E-state index in [2.05, 4.69) is 29.7 Å². The topological polar surface area (TPSA) is 81.7 Å². The van der Waals surface area contributed by atoms with Crippen LogP contribution in [0, 0.1) is 18.6 Å². The van der Waals surface area contributed by atoms with Crippen LogP contribution in [0.15, 0.2) is 60.7 Å². The second-order valence-electron chi connectivity index (χ2n) is 12.1. The molecule has 3 rings (SSSR count). The summed E-state index contributed by atoms with van der Waals surface area (Å²) in [5, 5.41) is 17.7. The van der Waals surface area contributed by atoms with Crippen molar-refractivity contribution in [2.24, 2.45) is 0 Å². The van der Waals surface area contributed by atoms with E-state index in [0.29, 0.717) is 24.2 Å². The smallest absolute Gasteiger partial charge is 0.253 e. The fraction of sp³-hybridized carbons (Fsp3) is 0.444. The number of nitrogens with zero attached hydrogens (tertiary/aromatic N) is 1. The molecule has 0 spiro atoms. The molecule has 2 atom stereocenters. The van der Waals surface area contributed by atoms with Crippen LogP contribution in [0.1, 0.15) is 90.4 Å². The molecular weight excluding hydrogens is 560 g/mol. The van der Waals surface area contributed by atoms with Gasteiger partial charge in [-0.25, -0.2) is 8.78 Å². The molecule has 0 aliphatic rings. The van der Waals surface area contributed by atoms with E-state index in [1.165, 1.54) is 17.7 Å². The minimum atomic E-state index is -1.10. The molecule has 0 aliphatic carbocycles. The first-order valence-electron chi connectivity index (χ1n) is 15.6.